The highest BCUT2D eigenvalue weighted by atomic mass is 32.2. The summed E-state index contributed by atoms with van der Waals surface area (Å²) in [6, 6.07) is 18.8. The molecule has 0 saturated carbocycles. The van der Waals surface area contributed by atoms with Gasteiger partial charge < -0.3 is 16.4 Å². The maximum atomic E-state index is 12.7. The molecular weight excluding hydrogens is 320 g/mol. The summed E-state index contributed by atoms with van der Waals surface area (Å²) >= 11 is 1.30. The molecule has 0 radical (unpaired) electrons. The van der Waals surface area contributed by atoms with E-state index >= 15 is 0 Å². The molecule has 0 aliphatic heterocycles. The van der Waals surface area contributed by atoms with E-state index in [0.717, 1.165) is 5.69 Å². The quantitative estimate of drug-likeness (QED) is 0.443. The van der Waals surface area contributed by atoms with E-state index in [9.17, 15) is 4.79 Å². The lowest BCUT2D eigenvalue weighted by Crippen LogP contribution is -2.28. The first-order valence-corrected chi connectivity index (χ1v) is 8.57. The van der Waals surface area contributed by atoms with Crippen LogP contribution in [0, 0.1) is 0 Å². The van der Waals surface area contributed by atoms with Crippen LogP contribution in [0.2, 0.25) is 0 Å². The lowest BCUT2D eigenvalue weighted by atomic mass is 10.2. The number of nitrogens with one attached hydrogen (secondary N) is 2. The number of anilines is 2. The molecule has 1 amide bonds. The van der Waals surface area contributed by atoms with Crippen molar-refractivity contribution < 1.29 is 4.79 Å². The van der Waals surface area contributed by atoms with E-state index < -0.39 is 0 Å². The molecule has 2 rings (SSSR count). The summed E-state index contributed by atoms with van der Waals surface area (Å²) in [5.41, 5.74) is 7.91. The molecule has 0 aliphatic carbocycles. The zero-order chi connectivity index (χ0) is 17.4. The largest absolute Gasteiger partial charge is 0.393 e. The Morgan fingerprint density at radius 1 is 0.958 bits per heavy atom. The molecule has 2 aromatic carbocycles. The molecule has 0 spiro atoms. The average molecular weight is 340 g/mol. The van der Waals surface area contributed by atoms with Gasteiger partial charge in [0.15, 0.2) is 0 Å². The number of rotatable bonds is 5. The van der Waals surface area contributed by atoms with Crippen LogP contribution in [0.5, 0.6) is 0 Å². The first-order valence-electron chi connectivity index (χ1n) is 7.35. The van der Waals surface area contributed by atoms with Gasteiger partial charge in [0.2, 0.25) is 0 Å². The summed E-state index contributed by atoms with van der Waals surface area (Å²) in [5.74, 6) is 0.110. The van der Waals surface area contributed by atoms with Gasteiger partial charge in [-0.2, -0.15) is 0 Å². The Hall–Kier alpha value is -2.73. The van der Waals surface area contributed by atoms with E-state index in [2.05, 4.69) is 15.6 Å². The van der Waals surface area contributed by atoms with Crippen LogP contribution in [0.25, 0.3) is 0 Å². The molecule has 0 saturated heterocycles. The molecule has 0 aliphatic rings. The monoisotopic (exact) mass is 340 g/mol. The van der Waals surface area contributed by atoms with Gasteiger partial charge in [0.05, 0.1) is 5.03 Å². The minimum Gasteiger partial charge on any atom is -0.393 e. The van der Waals surface area contributed by atoms with Gasteiger partial charge in [-0.05, 0) is 30.5 Å². The summed E-state index contributed by atoms with van der Waals surface area (Å²) < 4.78 is 0. The number of amidine groups is 1. The summed E-state index contributed by atoms with van der Waals surface area (Å²) in [7, 11) is 1.62. The molecule has 0 heterocycles. The lowest BCUT2D eigenvalue weighted by molar-refractivity contribution is -0.112. The fraction of sp³-hybridized carbons (Fsp3) is 0.111. The highest BCUT2D eigenvalue weighted by molar-refractivity contribution is 8.02. The second kappa shape index (κ2) is 8.79. The van der Waals surface area contributed by atoms with Gasteiger partial charge in [-0.3, -0.25) is 9.79 Å². The molecule has 0 unspecified atom stereocenters. The Kier molecular flexibility index (Phi) is 6.45. The number of nitrogens with zero attached hydrogens (tertiary/aromatic N) is 1. The van der Waals surface area contributed by atoms with Crippen LogP contribution in [0.3, 0.4) is 0 Å². The summed E-state index contributed by atoms with van der Waals surface area (Å²) in [4.78, 5) is 16.9. The number of nitrogens with two attached hydrogens (primary N) is 1. The molecular formula is C18H20N4OS. The van der Waals surface area contributed by atoms with E-state index in [1.165, 1.54) is 11.8 Å². The SMILES string of the molecule is CN=C(Nc1ccccc1)C(C(=O)Nc1ccccc1)=C(N)SC. The van der Waals surface area contributed by atoms with Crippen LogP contribution < -0.4 is 16.4 Å². The second-order valence-corrected chi connectivity index (χ2v) is 5.67. The molecule has 124 valence electrons. The number of amides is 1. The summed E-state index contributed by atoms with van der Waals surface area (Å²) in [6.45, 7) is 0. The van der Waals surface area contributed by atoms with Gasteiger partial charge in [-0.25, -0.2) is 0 Å². The molecule has 5 nitrogen and oxygen atoms in total. The zero-order valence-corrected chi connectivity index (χ0v) is 14.4. The van der Waals surface area contributed by atoms with Crippen molar-refractivity contribution in [1.29, 1.82) is 0 Å². The Morgan fingerprint density at radius 3 is 1.92 bits per heavy atom. The maximum Gasteiger partial charge on any atom is 0.262 e. The molecule has 0 bridgehead atoms. The minimum atomic E-state index is -0.308. The molecule has 0 aromatic heterocycles. The van der Waals surface area contributed by atoms with E-state index in [4.69, 9.17) is 5.73 Å². The van der Waals surface area contributed by atoms with Crippen molar-refractivity contribution in [2.45, 2.75) is 0 Å². The topological polar surface area (TPSA) is 79.5 Å². The molecule has 0 atom stereocenters. The third kappa shape index (κ3) is 4.63. The van der Waals surface area contributed by atoms with Crippen LogP contribution in [0.15, 0.2) is 76.3 Å². The van der Waals surface area contributed by atoms with Crippen molar-refractivity contribution in [2.75, 3.05) is 23.9 Å². The molecule has 2 aromatic rings. The minimum absolute atomic E-state index is 0.308. The predicted molar refractivity (Wildman–Crippen MR) is 103 cm³/mol. The zero-order valence-electron chi connectivity index (χ0n) is 13.6. The standard InChI is InChI=1S/C18H20N4OS/c1-20-17(21-13-9-5-3-6-10-13)15(16(19)24-2)18(23)22-14-11-7-4-8-12-14/h3-12H,19H2,1-2H3,(H,20,21)(H,22,23). The van der Waals surface area contributed by atoms with E-state index in [0.29, 0.717) is 22.1 Å². The van der Waals surface area contributed by atoms with Crippen LogP contribution in [0.4, 0.5) is 11.4 Å². The second-order valence-electron chi connectivity index (χ2n) is 4.83. The number of benzene rings is 2. The van der Waals surface area contributed by atoms with Gasteiger partial charge in [-0.1, -0.05) is 36.4 Å². The highest BCUT2D eigenvalue weighted by Crippen LogP contribution is 2.17. The van der Waals surface area contributed by atoms with Crippen molar-refractivity contribution in [2.24, 2.45) is 10.7 Å². The third-order valence-electron chi connectivity index (χ3n) is 3.22. The van der Waals surface area contributed by atoms with Gasteiger partial charge in [0, 0.05) is 18.4 Å². The van der Waals surface area contributed by atoms with Gasteiger partial charge in [0.1, 0.15) is 11.4 Å². The number of hydrogen-bond acceptors (Lipinski definition) is 4. The van der Waals surface area contributed by atoms with Gasteiger partial charge >= 0.3 is 0 Å². The highest BCUT2D eigenvalue weighted by Gasteiger charge is 2.20. The van der Waals surface area contributed by atoms with Crippen LogP contribution in [-0.4, -0.2) is 25.0 Å². The fourth-order valence-electron chi connectivity index (χ4n) is 2.04. The maximum absolute atomic E-state index is 12.7. The number of carbonyl (C=O) groups excluding carboxylic acids is 1. The van der Waals surface area contributed by atoms with Crippen LogP contribution in [0.1, 0.15) is 0 Å². The Labute approximate surface area is 146 Å². The summed E-state index contributed by atoms with van der Waals surface area (Å²) in [6.07, 6.45) is 1.82. The fourth-order valence-corrected chi connectivity index (χ4v) is 2.44. The number of para-hydroxylation sites is 2. The normalized spacial score (nSPS) is 12.3. The van der Waals surface area contributed by atoms with Crippen molar-refractivity contribution in [1.82, 2.24) is 0 Å². The van der Waals surface area contributed by atoms with Crippen LogP contribution in [-0.2, 0) is 4.79 Å². The number of carbonyl (C=O) groups is 1. The number of thioether (sulfide) groups is 1. The Bertz CT molecular complexity index is 742. The average Bonchev–Trinajstić information content (AvgIpc) is 2.62. The van der Waals surface area contributed by atoms with E-state index in [1.807, 2.05) is 66.9 Å². The number of aliphatic imine (C=N–C) groups is 1. The van der Waals surface area contributed by atoms with Crippen LogP contribution >= 0.6 is 11.8 Å². The van der Waals surface area contributed by atoms with E-state index in [-0.39, 0.29) is 5.91 Å². The first kappa shape index (κ1) is 17.6. The van der Waals surface area contributed by atoms with Crippen molar-refractivity contribution in [3.63, 3.8) is 0 Å². The van der Waals surface area contributed by atoms with Crippen molar-refractivity contribution in [3.8, 4) is 0 Å². The van der Waals surface area contributed by atoms with Crippen molar-refractivity contribution in [3.05, 3.63) is 71.3 Å². The lowest BCUT2D eigenvalue weighted by Gasteiger charge is -2.15. The molecule has 0 fully saturated rings. The Morgan fingerprint density at radius 2 is 1.46 bits per heavy atom. The van der Waals surface area contributed by atoms with Gasteiger partial charge in [-0.15, -0.1) is 11.8 Å². The van der Waals surface area contributed by atoms with Crippen molar-refractivity contribution >= 4 is 34.9 Å². The summed E-state index contributed by atoms with van der Waals surface area (Å²) in [5, 5.41) is 6.39. The first-order chi connectivity index (χ1) is 11.7. The Balaban J connectivity index is 2.29. The van der Waals surface area contributed by atoms with E-state index in [1.54, 1.807) is 7.05 Å². The molecule has 6 heteroatoms. The predicted octanol–water partition coefficient (Wildman–Crippen LogP) is 3.30. The third-order valence-corrected chi connectivity index (χ3v) is 3.87. The molecule has 4 N–H and O–H groups in total. The molecule has 24 heavy (non-hydrogen) atoms. The van der Waals surface area contributed by atoms with Gasteiger partial charge in [0.25, 0.3) is 5.91 Å². The smallest absolute Gasteiger partial charge is 0.262 e. The number of hydrogen-bond donors (Lipinski definition) is 3.